The molecule has 3 aromatic carbocycles. The van der Waals surface area contributed by atoms with E-state index >= 15 is 0 Å². The van der Waals surface area contributed by atoms with Crippen LogP contribution in [0.15, 0.2) is 95.6 Å². The van der Waals surface area contributed by atoms with E-state index in [0.717, 1.165) is 16.3 Å². The van der Waals surface area contributed by atoms with E-state index in [-0.39, 0.29) is 18.6 Å². The van der Waals surface area contributed by atoms with Crippen molar-refractivity contribution in [2.75, 3.05) is 6.61 Å². The van der Waals surface area contributed by atoms with Crippen molar-refractivity contribution in [1.82, 2.24) is 5.32 Å². The summed E-state index contributed by atoms with van der Waals surface area (Å²) in [6.07, 6.45) is 1.60. The fourth-order valence-electron chi connectivity index (χ4n) is 3.03. The molecule has 4 heteroatoms. The van der Waals surface area contributed by atoms with E-state index in [4.69, 9.17) is 9.15 Å². The van der Waals surface area contributed by atoms with Crippen LogP contribution < -0.4 is 10.1 Å². The molecular formula is C23H19NO3. The van der Waals surface area contributed by atoms with Crippen molar-refractivity contribution in [3.8, 4) is 5.75 Å². The lowest BCUT2D eigenvalue weighted by Gasteiger charge is -2.17. The molecule has 1 heterocycles. The molecule has 1 atom stereocenters. The number of rotatable bonds is 6. The largest absolute Gasteiger partial charge is 0.484 e. The van der Waals surface area contributed by atoms with Gasteiger partial charge in [-0.25, -0.2) is 0 Å². The fourth-order valence-corrected chi connectivity index (χ4v) is 3.03. The van der Waals surface area contributed by atoms with E-state index in [1.807, 2.05) is 84.9 Å². The number of ether oxygens (including phenoxy) is 1. The number of benzene rings is 3. The Bertz CT molecular complexity index is 1030. The second-order valence-corrected chi connectivity index (χ2v) is 6.22. The van der Waals surface area contributed by atoms with Gasteiger partial charge in [-0.15, -0.1) is 0 Å². The number of fused-ring (bicyclic) bond motifs is 1. The summed E-state index contributed by atoms with van der Waals surface area (Å²) in [4.78, 5) is 12.5. The normalized spacial score (nSPS) is 11.9. The van der Waals surface area contributed by atoms with Crippen LogP contribution in [0.5, 0.6) is 5.75 Å². The Morgan fingerprint density at radius 3 is 2.44 bits per heavy atom. The van der Waals surface area contributed by atoms with E-state index < -0.39 is 0 Å². The van der Waals surface area contributed by atoms with Crippen molar-refractivity contribution in [1.29, 1.82) is 0 Å². The summed E-state index contributed by atoms with van der Waals surface area (Å²) in [5, 5.41) is 5.20. The molecule has 4 rings (SSSR count). The van der Waals surface area contributed by atoms with Crippen molar-refractivity contribution in [2.45, 2.75) is 6.04 Å². The van der Waals surface area contributed by atoms with Gasteiger partial charge < -0.3 is 14.5 Å². The van der Waals surface area contributed by atoms with E-state index in [1.165, 1.54) is 0 Å². The van der Waals surface area contributed by atoms with Crippen molar-refractivity contribution in [3.63, 3.8) is 0 Å². The van der Waals surface area contributed by atoms with Crippen molar-refractivity contribution in [2.24, 2.45) is 0 Å². The second-order valence-electron chi connectivity index (χ2n) is 6.22. The Kier molecular flexibility index (Phi) is 4.88. The number of nitrogens with one attached hydrogen (secondary N) is 1. The van der Waals surface area contributed by atoms with E-state index in [1.54, 1.807) is 6.26 Å². The molecule has 1 N–H and O–H groups in total. The predicted octanol–water partition coefficient (Wildman–Crippen LogP) is 4.72. The number of carbonyl (C=O) groups is 1. The van der Waals surface area contributed by atoms with Crippen LogP contribution in [0.2, 0.25) is 0 Å². The van der Waals surface area contributed by atoms with Gasteiger partial charge in [-0.05, 0) is 40.6 Å². The van der Waals surface area contributed by atoms with Gasteiger partial charge in [-0.3, -0.25) is 4.79 Å². The quantitative estimate of drug-likeness (QED) is 0.543. The number of furan rings is 1. The molecule has 1 aromatic heterocycles. The summed E-state index contributed by atoms with van der Waals surface area (Å²) in [6, 6.07) is 26.8. The van der Waals surface area contributed by atoms with Crippen LogP contribution in [-0.4, -0.2) is 12.5 Å². The average molecular weight is 357 g/mol. The Morgan fingerprint density at radius 2 is 1.67 bits per heavy atom. The molecule has 0 bridgehead atoms. The molecule has 4 aromatic rings. The molecule has 0 fully saturated rings. The van der Waals surface area contributed by atoms with Crippen LogP contribution in [-0.2, 0) is 4.79 Å². The maximum absolute atomic E-state index is 12.5. The molecular weight excluding hydrogens is 338 g/mol. The number of amides is 1. The third kappa shape index (κ3) is 4.01. The maximum atomic E-state index is 12.5. The first-order valence-electron chi connectivity index (χ1n) is 8.79. The van der Waals surface area contributed by atoms with Crippen LogP contribution >= 0.6 is 0 Å². The molecule has 0 spiro atoms. The Labute approximate surface area is 157 Å². The van der Waals surface area contributed by atoms with Gasteiger partial charge in [-0.2, -0.15) is 0 Å². The Morgan fingerprint density at radius 1 is 0.889 bits per heavy atom. The van der Waals surface area contributed by atoms with Gasteiger partial charge >= 0.3 is 0 Å². The van der Waals surface area contributed by atoms with Gasteiger partial charge in [0.15, 0.2) is 6.61 Å². The molecule has 4 nitrogen and oxygen atoms in total. The summed E-state index contributed by atoms with van der Waals surface area (Å²) in [5.74, 6) is 1.13. The Balaban J connectivity index is 1.45. The van der Waals surface area contributed by atoms with E-state index in [0.29, 0.717) is 11.5 Å². The van der Waals surface area contributed by atoms with Gasteiger partial charge in [0.1, 0.15) is 17.6 Å². The summed E-state index contributed by atoms with van der Waals surface area (Å²) < 4.78 is 11.2. The van der Waals surface area contributed by atoms with Crippen LogP contribution in [0, 0.1) is 0 Å². The van der Waals surface area contributed by atoms with Crippen molar-refractivity contribution < 1.29 is 13.9 Å². The topological polar surface area (TPSA) is 51.5 Å². The lowest BCUT2D eigenvalue weighted by Crippen LogP contribution is -2.33. The smallest absolute Gasteiger partial charge is 0.258 e. The second kappa shape index (κ2) is 7.79. The molecule has 0 radical (unpaired) electrons. The predicted molar refractivity (Wildman–Crippen MR) is 105 cm³/mol. The van der Waals surface area contributed by atoms with Gasteiger partial charge in [0.25, 0.3) is 5.91 Å². The molecule has 0 aliphatic carbocycles. The maximum Gasteiger partial charge on any atom is 0.258 e. The summed E-state index contributed by atoms with van der Waals surface area (Å²) in [6.45, 7) is -0.0671. The first kappa shape index (κ1) is 16.9. The highest BCUT2D eigenvalue weighted by molar-refractivity contribution is 5.84. The highest BCUT2D eigenvalue weighted by atomic mass is 16.5. The fraction of sp³-hybridized carbons (Fsp3) is 0.0870. The number of hydrogen-bond donors (Lipinski definition) is 1. The highest BCUT2D eigenvalue weighted by Crippen LogP contribution is 2.23. The molecule has 27 heavy (non-hydrogen) atoms. The average Bonchev–Trinajstić information content (AvgIpc) is 3.25. The zero-order valence-electron chi connectivity index (χ0n) is 14.7. The first-order chi connectivity index (χ1) is 13.3. The minimum Gasteiger partial charge on any atom is -0.484 e. The van der Waals surface area contributed by atoms with E-state index in [9.17, 15) is 4.79 Å². The molecule has 0 unspecified atom stereocenters. The van der Waals surface area contributed by atoms with Crippen LogP contribution in [0.4, 0.5) is 0 Å². The summed E-state index contributed by atoms with van der Waals surface area (Å²) in [7, 11) is 0. The monoisotopic (exact) mass is 357 g/mol. The summed E-state index contributed by atoms with van der Waals surface area (Å²) >= 11 is 0. The molecule has 0 aliphatic heterocycles. The van der Waals surface area contributed by atoms with Gasteiger partial charge in [0, 0.05) is 0 Å². The SMILES string of the molecule is O=C(COc1ccc2ccccc2c1)N[C@@H](c1ccccc1)c1ccco1. The van der Waals surface area contributed by atoms with Crippen LogP contribution in [0.25, 0.3) is 10.8 Å². The molecule has 0 aliphatic rings. The first-order valence-corrected chi connectivity index (χ1v) is 8.79. The lowest BCUT2D eigenvalue weighted by molar-refractivity contribution is -0.123. The number of carbonyl (C=O) groups excluding carboxylic acids is 1. The number of hydrogen-bond acceptors (Lipinski definition) is 3. The molecule has 0 saturated heterocycles. The lowest BCUT2D eigenvalue weighted by atomic mass is 10.0. The molecule has 134 valence electrons. The molecule has 1 amide bonds. The van der Waals surface area contributed by atoms with Crippen molar-refractivity contribution in [3.05, 3.63) is 103 Å². The van der Waals surface area contributed by atoms with Crippen molar-refractivity contribution >= 4 is 16.7 Å². The molecule has 0 saturated carbocycles. The van der Waals surface area contributed by atoms with Crippen LogP contribution in [0.3, 0.4) is 0 Å². The zero-order chi connectivity index (χ0) is 18.5. The minimum absolute atomic E-state index is 0.0671. The minimum atomic E-state index is -0.353. The standard InChI is InChI=1S/C23H19NO3/c25-22(16-27-20-13-12-17-7-4-5-10-19(17)15-20)24-23(21-11-6-14-26-21)18-8-2-1-3-9-18/h1-15,23H,16H2,(H,24,25)/t23-/m0/s1. The van der Waals surface area contributed by atoms with E-state index in [2.05, 4.69) is 5.32 Å². The Hall–Kier alpha value is -3.53. The van der Waals surface area contributed by atoms with Gasteiger partial charge in [0.2, 0.25) is 0 Å². The highest BCUT2D eigenvalue weighted by Gasteiger charge is 2.19. The van der Waals surface area contributed by atoms with Crippen LogP contribution in [0.1, 0.15) is 17.4 Å². The van der Waals surface area contributed by atoms with Gasteiger partial charge in [-0.1, -0.05) is 60.7 Å². The third-order valence-corrected chi connectivity index (χ3v) is 4.36. The third-order valence-electron chi connectivity index (χ3n) is 4.36. The van der Waals surface area contributed by atoms with Gasteiger partial charge in [0.05, 0.1) is 6.26 Å². The summed E-state index contributed by atoms with van der Waals surface area (Å²) in [5.41, 5.74) is 0.950. The zero-order valence-corrected chi connectivity index (χ0v) is 14.7.